The lowest BCUT2D eigenvalue weighted by Crippen LogP contribution is -2.32. The first-order valence-corrected chi connectivity index (χ1v) is 9.81. The zero-order valence-electron chi connectivity index (χ0n) is 12.8. The van der Waals surface area contributed by atoms with Crippen molar-refractivity contribution in [1.29, 1.82) is 0 Å². The van der Waals surface area contributed by atoms with Crippen LogP contribution in [0, 0.1) is 6.92 Å². The molecule has 2 aromatic carbocycles. The fourth-order valence-corrected chi connectivity index (χ4v) is 5.21. The van der Waals surface area contributed by atoms with Crippen molar-refractivity contribution in [3.63, 3.8) is 0 Å². The average molecular weight is 346 g/mol. The van der Waals surface area contributed by atoms with Crippen molar-refractivity contribution in [2.24, 2.45) is 4.99 Å². The Labute approximate surface area is 141 Å². The van der Waals surface area contributed by atoms with Crippen LogP contribution in [0.3, 0.4) is 0 Å². The van der Waals surface area contributed by atoms with E-state index in [2.05, 4.69) is 24.0 Å². The highest BCUT2D eigenvalue weighted by molar-refractivity contribution is 8.14. The van der Waals surface area contributed by atoms with Crippen molar-refractivity contribution in [1.82, 2.24) is 4.31 Å². The van der Waals surface area contributed by atoms with Gasteiger partial charge in [-0.3, -0.25) is 4.99 Å². The number of aliphatic imine (C=N–C) groups is 1. The minimum Gasteiger partial charge on any atom is -0.260 e. The highest BCUT2D eigenvalue weighted by Gasteiger charge is 2.30. The van der Waals surface area contributed by atoms with Gasteiger partial charge in [-0.05, 0) is 30.2 Å². The van der Waals surface area contributed by atoms with E-state index in [4.69, 9.17) is 0 Å². The number of nitrogens with zero attached hydrogens (tertiary/aromatic N) is 2. The second kappa shape index (κ2) is 6.76. The van der Waals surface area contributed by atoms with E-state index in [1.54, 1.807) is 24.3 Å². The van der Waals surface area contributed by atoms with Gasteiger partial charge in [0.25, 0.3) is 10.0 Å². The van der Waals surface area contributed by atoms with Crippen molar-refractivity contribution in [3.05, 3.63) is 65.7 Å². The van der Waals surface area contributed by atoms with E-state index in [9.17, 15) is 8.42 Å². The van der Waals surface area contributed by atoms with Crippen LogP contribution in [0.2, 0.25) is 0 Å². The van der Waals surface area contributed by atoms with E-state index < -0.39 is 10.0 Å². The number of thioether (sulfide) groups is 1. The maximum absolute atomic E-state index is 12.8. The summed E-state index contributed by atoms with van der Waals surface area (Å²) in [6.07, 6.45) is 0. The molecule has 4 nitrogen and oxygen atoms in total. The number of rotatable bonds is 4. The number of hydrogen-bond donors (Lipinski definition) is 0. The Bertz CT molecular complexity index is 817. The van der Waals surface area contributed by atoms with Crippen LogP contribution in [-0.4, -0.2) is 31.0 Å². The van der Waals surface area contributed by atoms with Crippen LogP contribution >= 0.6 is 11.8 Å². The molecule has 0 atom stereocenters. The topological polar surface area (TPSA) is 49.7 Å². The lowest BCUT2D eigenvalue weighted by Gasteiger charge is -2.20. The van der Waals surface area contributed by atoms with Gasteiger partial charge in [-0.2, -0.15) is 0 Å². The summed E-state index contributed by atoms with van der Waals surface area (Å²) in [7, 11) is -3.52. The molecule has 0 radical (unpaired) electrons. The van der Waals surface area contributed by atoms with Crippen molar-refractivity contribution in [2.75, 3.05) is 13.1 Å². The Morgan fingerprint density at radius 3 is 2.52 bits per heavy atom. The molecule has 0 N–H and O–H groups in total. The average Bonchev–Trinajstić information content (AvgIpc) is 3.04. The molecular formula is C17H18N2O2S2. The zero-order chi connectivity index (χ0) is 16.3. The summed E-state index contributed by atoms with van der Waals surface area (Å²) >= 11 is 1.48. The predicted molar refractivity (Wildman–Crippen MR) is 95.1 cm³/mol. The Hall–Kier alpha value is -1.79. The summed E-state index contributed by atoms with van der Waals surface area (Å²) in [5.41, 5.74) is 2.40. The predicted octanol–water partition coefficient (Wildman–Crippen LogP) is 3.29. The molecule has 0 amide bonds. The minimum absolute atomic E-state index is 0.311. The van der Waals surface area contributed by atoms with E-state index in [0.29, 0.717) is 28.9 Å². The number of amidine groups is 1. The normalized spacial score (nSPS) is 14.8. The van der Waals surface area contributed by atoms with Crippen LogP contribution in [0.5, 0.6) is 0 Å². The summed E-state index contributed by atoms with van der Waals surface area (Å²) in [6.45, 7) is 2.99. The summed E-state index contributed by atoms with van der Waals surface area (Å²) in [4.78, 5) is 4.69. The fourth-order valence-electron chi connectivity index (χ4n) is 2.39. The van der Waals surface area contributed by atoms with Gasteiger partial charge in [0.15, 0.2) is 5.17 Å². The highest BCUT2D eigenvalue weighted by atomic mass is 32.2. The standard InChI is InChI=1S/C17H18N2O2S2/c1-14-7-5-6-8-15(14)13-22-17-18-11-12-19(17)23(20,21)16-9-3-2-4-10-16/h2-10H,11-13H2,1H3. The van der Waals surface area contributed by atoms with Crippen LogP contribution in [0.15, 0.2) is 64.5 Å². The molecule has 3 rings (SSSR count). The van der Waals surface area contributed by atoms with Crippen LogP contribution < -0.4 is 0 Å². The molecule has 1 aliphatic heterocycles. The molecule has 0 unspecified atom stereocenters. The van der Waals surface area contributed by atoms with Gasteiger partial charge in [0.2, 0.25) is 0 Å². The van der Waals surface area contributed by atoms with Crippen LogP contribution in [0.25, 0.3) is 0 Å². The van der Waals surface area contributed by atoms with Crippen LogP contribution in [-0.2, 0) is 15.8 Å². The SMILES string of the molecule is Cc1ccccc1CSC1=NCCN1S(=O)(=O)c1ccccc1. The molecule has 0 fully saturated rings. The Kier molecular flexibility index (Phi) is 4.73. The number of hydrogen-bond acceptors (Lipinski definition) is 4. The molecule has 1 aliphatic rings. The monoisotopic (exact) mass is 346 g/mol. The van der Waals surface area contributed by atoms with Gasteiger partial charge in [-0.15, -0.1) is 0 Å². The second-order valence-electron chi connectivity index (χ2n) is 5.27. The molecule has 0 bridgehead atoms. The van der Waals surface area contributed by atoms with E-state index >= 15 is 0 Å². The first-order chi connectivity index (χ1) is 11.1. The molecule has 120 valence electrons. The summed E-state index contributed by atoms with van der Waals surface area (Å²) in [6, 6.07) is 16.7. The van der Waals surface area contributed by atoms with Gasteiger partial charge in [0, 0.05) is 5.75 Å². The molecule has 6 heteroatoms. The number of sulfonamides is 1. The van der Waals surface area contributed by atoms with Gasteiger partial charge >= 0.3 is 0 Å². The van der Waals surface area contributed by atoms with Gasteiger partial charge in [-0.25, -0.2) is 12.7 Å². The van der Waals surface area contributed by atoms with Gasteiger partial charge in [0.1, 0.15) is 0 Å². The van der Waals surface area contributed by atoms with E-state index in [1.807, 2.05) is 18.2 Å². The summed E-state index contributed by atoms with van der Waals surface area (Å²) < 4.78 is 26.9. The van der Waals surface area contributed by atoms with E-state index in [1.165, 1.54) is 27.2 Å². The van der Waals surface area contributed by atoms with E-state index in [0.717, 1.165) is 0 Å². The maximum atomic E-state index is 12.8. The summed E-state index contributed by atoms with van der Waals surface area (Å²) in [5.74, 6) is 0.715. The third-order valence-corrected chi connectivity index (χ3v) is 6.70. The lowest BCUT2D eigenvalue weighted by atomic mass is 10.1. The highest BCUT2D eigenvalue weighted by Crippen LogP contribution is 2.26. The molecule has 0 spiro atoms. The number of aryl methyl sites for hydroxylation is 1. The van der Waals surface area contributed by atoms with Crippen LogP contribution in [0.1, 0.15) is 11.1 Å². The zero-order valence-corrected chi connectivity index (χ0v) is 14.5. The minimum atomic E-state index is -3.52. The summed E-state index contributed by atoms with van der Waals surface area (Å²) in [5, 5.41) is 0.581. The smallest absolute Gasteiger partial charge is 0.260 e. The molecule has 1 heterocycles. The quantitative estimate of drug-likeness (QED) is 0.853. The van der Waals surface area contributed by atoms with Gasteiger partial charge < -0.3 is 0 Å². The first-order valence-electron chi connectivity index (χ1n) is 7.38. The first kappa shape index (κ1) is 16.1. The maximum Gasteiger partial charge on any atom is 0.265 e. The van der Waals surface area contributed by atoms with Gasteiger partial charge in [0.05, 0.1) is 18.0 Å². The Morgan fingerprint density at radius 1 is 1.09 bits per heavy atom. The van der Waals surface area contributed by atoms with Gasteiger partial charge in [-0.1, -0.05) is 54.2 Å². The molecular weight excluding hydrogens is 328 g/mol. The molecule has 0 aromatic heterocycles. The Balaban J connectivity index is 1.77. The lowest BCUT2D eigenvalue weighted by molar-refractivity contribution is 0.540. The van der Waals surface area contributed by atoms with Crippen molar-refractivity contribution < 1.29 is 8.42 Å². The van der Waals surface area contributed by atoms with Crippen molar-refractivity contribution in [2.45, 2.75) is 17.6 Å². The molecule has 0 saturated carbocycles. The second-order valence-corrected chi connectivity index (χ2v) is 8.07. The molecule has 0 aliphatic carbocycles. The Morgan fingerprint density at radius 2 is 1.78 bits per heavy atom. The third-order valence-electron chi connectivity index (χ3n) is 3.71. The molecule has 0 saturated heterocycles. The fraction of sp³-hybridized carbons (Fsp3) is 0.235. The van der Waals surface area contributed by atoms with Crippen LogP contribution in [0.4, 0.5) is 0 Å². The third kappa shape index (κ3) is 3.43. The number of benzene rings is 2. The molecule has 23 heavy (non-hydrogen) atoms. The largest absolute Gasteiger partial charge is 0.265 e. The van der Waals surface area contributed by atoms with Crippen molar-refractivity contribution in [3.8, 4) is 0 Å². The van der Waals surface area contributed by atoms with E-state index in [-0.39, 0.29) is 0 Å². The molecule has 2 aromatic rings. The van der Waals surface area contributed by atoms with Crippen molar-refractivity contribution >= 4 is 27.0 Å².